The highest BCUT2D eigenvalue weighted by Crippen LogP contribution is 2.30. The number of fused-ring (bicyclic) bond motifs is 1. The summed E-state index contributed by atoms with van der Waals surface area (Å²) in [6, 6.07) is 16.1. The Kier molecular flexibility index (Phi) is 6.67. The van der Waals surface area contributed by atoms with Crippen molar-refractivity contribution < 1.29 is 18.7 Å². The number of halogens is 1. The predicted molar refractivity (Wildman–Crippen MR) is 100 cm³/mol. The molecule has 5 heteroatoms. The van der Waals surface area contributed by atoms with E-state index in [9.17, 15) is 9.32 Å². The number of allylic oxidation sites excluding steroid dienone is 2. The van der Waals surface area contributed by atoms with E-state index in [1.54, 1.807) is 0 Å². The quantitative estimate of drug-likeness (QED) is 0.425. The summed E-state index contributed by atoms with van der Waals surface area (Å²) in [5, 5.41) is 0. The van der Waals surface area contributed by atoms with E-state index in [2.05, 4.69) is 42.0 Å². The normalized spacial score (nSPS) is 11.2. The maximum absolute atomic E-state index is 11.0. The van der Waals surface area contributed by atoms with Crippen LogP contribution in [0.4, 0.5) is 4.53 Å². The van der Waals surface area contributed by atoms with E-state index >= 15 is 0 Å². The minimum absolute atomic E-state index is 0.0162. The van der Waals surface area contributed by atoms with Gasteiger partial charge in [-0.05, 0) is 43.5 Å². The van der Waals surface area contributed by atoms with Crippen molar-refractivity contribution in [3.05, 3.63) is 65.9 Å². The molecule has 0 atom stereocenters. The number of nitrogens with zero attached hydrogens (tertiary/aromatic N) is 1. The first-order valence-corrected chi connectivity index (χ1v) is 8.34. The van der Waals surface area contributed by atoms with E-state index < -0.39 is 0 Å². The largest absolute Gasteiger partial charge is 0.436 e. The first-order chi connectivity index (χ1) is 12.4. The van der Waals surface area contributed by atoms with Crippen LogP contribution in [-0.4, -0.2) is 10.8 Å². The van der Waals surface area contributed by atoms with Gasteiger partial charge in [0, 0.05) is 16.2 Å². The minimum atomic E-state index is -0.222. The van der Waals surface area contributed by atoms with E-state index in [1.165, 1.54) is 19.4 Å². The summed E-state index contributed by atoms with van der Waals surface area (Å²) in [5.74, 6) is 0.925. The maximum Gasteiger partial charge on any atom is 0.227 e. The lowest BCUT2D eigenvalue weighted by molar-refractivity contribution is -0.114. The van der Waals surface area contributed by atoms with Crippen LogP contribution in [-0.2, 0) is 9.74 Å². The third-order valence-corrected chi connectivity index (χ3v) is 3.64. The van der Waals surface area contributed by atoms with Gasteiger partial charge in [0.2, 0.25) is 5.89 Å². The maximum atomic E-state index is 11.0. The van der Waals surface area contributed by atoms with E-state index in [0.717, 1.165) is 22.7 Å². The Morgan fingerprint density at radius 3 is 2.35 bits per heavy atom. The number of aromatic nitrogens is 1. The lowest BCUT2D eigenvalue weighted by atomic mass is 9.97. The summed E-state index contributed by atoms with van der Waals surface area (Å²) in [4.78, 5) is 17.9. The van der Waals surface area contributed by atoms with Crippen molar-refractivity contribution in [3.8, 4) is 11.5 Å². The number of ketones is 1. The van der Waals surface area contributed by atoms with Gasteiger partial charge >= 0.3 is 0 Å². The number of carbonyl (C=O) groups excluding carboxylic acids is 1. The molecule has 0 aliphatic carbocycles. The highest BCUT2D eigenvalue weighted by Gasteiger charge is 2.13. The van der Waals surface area contributed by atoms with Gasteiger partial charge in [-0.3, -0.25) is 9.74 Å². The monoisotopic (exact) mass is 355 g/mol. The zero-order valence-electron chi connectivity index (χ0n) is 15.3. The van der Waals surface area contributed by atoms with Gasteiger partial charge in [0.05, 0.1) is 0 Å². The molecule has 1 aromatic heterocycles. The van der Waals surface area contributed by atoms with Crippen LogP contribution in [0.25, 0.3) is 22.6 Å². The number of oxazole rings is 1. The topological polar surface area (TPSA) is 52.3 Å². The molecule has 0 spiro atoms. The van der Waals surface area contributed by atoms with Crippen molar-refractivity contribution in [3.63, 3.8) is 0 Å². The minimum Gasteiger partial charge on any atom is -0.436 e. The number of para-hydroxylation sites is 2. The van der Waals surface area contributed by atoms with Crippen molar-refractivity contribution in [1.82, 2.24) is 4.98 Å². The summed E-state index contributed by atoms with van der Waals surface area (Å²) < 4.78 is 16.9. The van der Waals surface area contributed by atoms with Crippen molar-refractivity contribution in [1.29, 1.82) is 0 Å². The van der Waals surface area contributed by atoms with Gasteiger partial charge < -0.3 is 4.42 Å². The van der Waals surface area contributed by atoms with E-state index in [4.69, 9.17) is 4.42 Å². The van der Waals surface area contributed by atoms with E-state index in [0.29, 0.717) is 11.8 Å². The number of hydrogen-bond donors (Lipinski definition) is 0. The Morgan fingerprint density at radius 2 is 1.77 bits per heavy atom. The molecule has 3 rings (SSSR count). The molecule has 26 heavy (non-hydrogen) atoms. The third-order valence-electron chi connectivity index (χ3n) is 3.64. The van der Waals surface area contributed by atoms with Crippen LogP contribution in [0.1, 0.15) is 39.2 Å². The number of benzene rings is 2. The Bertz CT molecular complexity index is 879. The molecule has 4 nitrogen and oxygen atoms in total. The number of hydrogen-bond acceptors (Lipinski definition) is 4. The van der Waals surface area contributed by atoms with Crippen LogP contribution >= 0.6 is 0 Å². The molecule has 0 saturated heterocycles. The van der Waals surface area contributed by atoms with Gasteiger partial charge in [-0.2, -0.15) is 0 Å². The third kappa shape index (κ3) is 5.02. The Balaban J connectivity index is 0.000000260. The average Bonchev–Trinajstić information content (AvgIpc) is 3.05. The van der Waals surface area contributed by atoms with Crippen LogP contribution in [0.5, 0.6) is 0 Å². The Hall–Kier alpha value is -2.95. The fourth-order valence-electron chi connectivity index (χ4n) is 2.49. The lowest BCUT2D eigenvalue weighted by Gasteiger charge is -2.09. The van der Waals surface area contributed by atoms with Crippen LogP contribution in [0.2, 0.25) is 0 Å². The molecule has 0 aliphatic heterocycles. The predicted octanol–water partition coefficient (Wildman–Crippen LogP) is 6.00. The van der Waals surface area contributed by atoms with Gasteiger partial charge in [-0.15, -0.1) is 0 Å². The molecule has 3 aromatic rings. The molecule has 0 saturated carbocycles. The molecule has 0 fully saturated rings. The van der Waals surface area contributed by atoms with Gasteiger partial charge in [-0.25, -0.2) is 4.98 Å². The molecule has 0 bridgehead atoms. The molecule has 0 radical (unpaired) electrons. The second-order valence-electron chi connectivity index (χ2n) is 6.17. The van der Waals surface area contributed by atoms with Crippen LogP contribution in [0, 0.1) is 0 Å². The molecule has 1 heterocycles. The fourth-order valence-corrected chi connectivity index (χ4v) is 2.49. The summed E-state index contributed by atoms with van der Waals surface area (Å²) in [6.45, 7) is 7.05. The fraction of sp³-hybridized carbons (Fsp3) is 0.238. The van der Waals surface area contributed by atoms with Crippen molar-refractivity contribution in [2.45, 2.75) is 33.6 Å². The Labute approximate surface area is 152 Å². The molecule has 2 aromatic carbocycles. The number of carbonyl (C=O) groups is 1. The SMILES string of the molecule is CC(=O)/C=C(/C)OF.CC(C)c1ccccc1-c1nc2ccccc2o1. The second kappa shape index (κ2) is 8.94. The zero-order chi connectivity index (χ0) is 19.1. The van der Waals surface area contributed by atoms with Crippen LogP contribution < -0.4 is 0 Å². The molecular weight excluding hydrogens is 333 g/mol. The molecule has 136 valence electrons. The highest BCUT2D eigenvalue weighted by atomic mass is 19.3. The average molecular weight is 355 g/mol. The first kappa shape index (κ1) is 19.4. The summed E-state index contributed by atoms with van der Waals surface area (Å²) in [6.07, 6.45) is 1.07. The van der Waals surface area contributed by atoms with Gasteiger partial charge in [0.25, 0.3) is 0 Å². The summed E-state index contributed by atoms with van der Waals surface area (Å²) >= 11 is 0. The van der Waals surface area contributed by atoms with Gasteiger partial charge in [0.1, 0.15) is 11.3 Å². The van der Waals surface area contributed by atoms with Gasteiger partial charge in [-0.1, -0.05) is 44.2 Å². The number of rotatable bonds is 4. The lowest BCUT2D eigenvalue weighted by Crippen LogP contribution is -1.91. The van der Waals surface area contributed by atoms with Crippen LogP contribution in [0.3, 0.4) is 0 Å². The second-order valence-corrected chi connectivity index (χ2v) is 6.17. The smallest absolute Gasteiger partial charge is 0.227 e. The van der Waals surface area contributed by atoms with Crippen LogP contribution in [0.15, 0.2) is 64.8 Å². The standard InChI is InChI=1S/C16H15NO.C5H7FO2/c1-11(2)12-7-3-4-8-13(12)16-17-14-9-5-6-10-15(14)18-16;1-4(7)3-5(2)8-6/h3-11H,1-2H3;3H,1-2H3/b;5-3-. The van der Waals surface area contributed by atoms with E-state index in [1.807, 2.05) is 30.3 Å². The van der Waals surface area contributed by atoms with Crippen molar-refractivity contribution in [2.75, 3.05) is 0 Å². The molecular formula is C21H22FNO3. The zero-order valence-corrected chi connectivity index (χ0v) is 15.3. The van der Waals surface area contributed by atoms with Crippen molar-refractivity contribution in [2.24, 2.45) is 0 Å². The summed E-state index contributed by atoms with van der Waals surface area (Å²) in [7, 11) is 0. The van der Waals surface area contributed by atoms with Gasteiger partial charge in [0.15, 0.2) is 11.4 Å². The van der Waals surface area contributed by atoms with E-state index in [-0.39, 0.29) is 11.5 Å². The molecule has 0 unspecified atom stereocenters. The molecule has 0 amide bonds. The molecule has 0 aliphatic rings. The Morgan fingerprint density at radius 1 is 1.12 bits per heavy atom. The highest BCUT2D eigenvalue weighted by molar-refractivity contribution is 5.87. The van der Waals surface area contributed by atoms with Crippen molar-refractivity contribution >= 4 is 16.9 Å². The first-order valence-electron chi connectivity index (χ1n) is 8.34. The molecule has 0 N–H and O–H groups in total. The summed E-state index contributed by atoms with van der Waals surface area (Å²) in [5.41, 5.74) is 4.10.